The van der Waals surface area contributed by atoms with Gasteiger partial charge < -0.3 is 5.32 Å². The van der Waals surface area contributed by atoms with Crippen LogP contribution >= 0.6 is 0 Å². The van der Waals surface area contributed by atoms with E-state index in [1.54, 1.807) is 12.1 Å². The molecule has 1 fully saturated rings. The van der Waals surface area contributed by atoms with Crippen LogP contribution in [-0.2, 0) is 0 Å². The minimum Gasteiger partial charge on any atom is -0.382 e. The van der Waals surface area contributed by atoms with Gasteiger partial charge in [-0.25, -0.2) is 0 Å². The van der Waals surface area contributed by atoms with Crippen LogP contribution in [0.4, 0.5) is 5.69 Å². The van der Waals surface area contributed by atoms with E-state index in [4.69, 9.17) is 0 Å². The molecule has 4 nitrogen and oxygen atoms in total. The van der Waals surface area contributed by atoms with Crippen LogP contribution in [0.1, 0.15) is 54.3 Å². The van der Waals surface area contributed by atoms with Gasteiger partial charge in [-0.3, -0.25) is 14.9 Å². The van der Waals surface area contributed by atoms with Gasteiger partial charge in [0.05, 0.1) is 11.1 Å². The second kappa shape index (κ2) is 4.33. The van der Waals surface area contributed by atoms with Crippen molar-refractivity contribution in [1.29, 1.82) is 0 Å². The number of amides is 2. The van der Waals surface area contributed by atoms with E-state index in [0.29, 0.717) is 28.5 Å². The zero-order valence-corrected chi connectivity index (χ0v) is 12.1. The fraction of sp³-hybridized carbons (Fsp3) is 0.500. The van der Waals surface area contributed by atoms with Crippen molar-refractivity contribution in [2.75, 3.05) is 5.32 Å². The van der Waals surface area contributed by atoms with Gasteiger partial charge in [0.1, 0.15) is 0 Å². The number of carbonyl (C=O) groups excluding carboxylic acids is 2. The molecule has 0 spiro atoms. The maximum absolute atomic E-state index is 11.7. The first-order valence-corrected chi connectivity index (χ1v) is 7.12. The summed E-state index contributed by atoms with van der Waals surface area (Å²) in [5.74, 6) is 0.00841. The lowest BCUT2D eigenvalue weighted by Gasteiger charge is -2.20. The summed E-state index contributed by atoms with van der Waals surface area (Å²) in [6.45, 7) is 6.84. The summed E-state index contributed by atoms with van der Waals surface area (Å²) in [5.41, 5.74) is 2.23. The number of hydrogen-bond acceptors (Lipinski definition) is 3. The molecule has 2 amide bonds. The molecule has 1 aromatic rings. The van der Waals surface area contributed by atoms with E-state index in [1.165, 1.54) is 6.42 Å². The molecule has 106 valence electrons. The third-order valence-electron chi connectivity index (χ3n) is 4.42. The molecule has 2 unspecified atom stereocenters. The van der Waals surface area contributed by atoms with Crippen LogP contribution in [0.3, 0.4) is 0 Å². The summed E-state index contributed by atoms with van der Waals surface area (Å²) < 4.78 is 0. The van der Waals surface area contributed by atoms with Gasteiger partial charge >= 0.3 is 0 Å². The van der Waals surface area contributed by atoms with Gasteiger partial charge in [0, 0.05) is 11.7 Å². The van der Waals surface area contributed by atoms with Crippen LogP contribution < -0.4 is 10.6 Å². The van der Waals surface area contributed by atoms with Gasteiger partial charge in [0.15, 0.2) is 0 Å². The molecule has 3 rings (SSSR count). The SMILES string of the molecule is CC1CC(C)(C)CC1Nc1ccc2c(c1)C(=O)NC2=O. The van der Waals surface area contributed by atoms with E-state index in [1.807, 2.05) is 6.07 Å². The van der Waals surface area contributed by atoms with Crippen LogP contribution in [0.2, 0.25) is 0 Å². The van der Waals surface area contributed by atoms with Crippen molar-refractivity contribution < 1.29 is 9.59 Å². The zero-order chi connectivity index (χ0) is 14.5. The molecule has 1 saturated carbocycles. The molecule has 20 heavy (non-hydrogen) atoms. The fourth-order valence-electron chi connectivity index (χ4n) is 3.56. The lowest BCUT2D eigenvalue weighted by molar-refractivity contribution is 0.0879. The minimum absolute atomic E-state index is 0.298. The topological polar surface area (TPSA) is 58.2 Å². The number of rotatable bonds is 2. The Balaban J connectivity index is 1.82. The van der Waals surface area contributed by atoms with Gasteiger partial charge in [0.2, 0.25) is 0 Å². The summed E-state index contributed by atoms with van der Waals surface area (Å²) in [6, 6.07) is 5.81. The van der Waals surface area contributed by atoms with E-state index >= 15 is 0 Å². The Bertz CT molecular complexity index is 592. The van der Waals surface area contributed by atoms with Crippen LogP contribution in [0.25, 0.3) is 0 Å². The van der Waals surface area contributed by atoms with E-state index in [9.17, 15) is 9.59 Å². The van der Waals surface area contributed by atoms with Crippen LogP contribution in [0.5, 0.6) is 0 Å². The number of nitrogens with one attached hydrogen (secondary N) is 2. The van der Waals surface area contributed by atoms with Crippen molar-refractivity contribution >= 4 is 17.5 Å². The molecule has 0 radical (unpaired) electrons. The van der Waals surface area contributed by atoms with Crippen molar-refractivity contribution in [2.24, 2.45) is 11.3 Å². The van der Waals surface area contributed by atoms with Crippen molar-refractivity contribution in [1.82, 2.24) is 5.32 Å². The van der Waals surface area contributed by atoms with Gasteiger partial charge in [-0.15, -0.1) is 0 Å². The number of imide groups is 1. The number of fused-ring (bicyclic) bond motifs is 1. The number of hydrogen-bond donors (Lipinski definition) is 2. The standard InChI is InChI=1S/C16H20N2O2/c1-9-7-16(2,3)8-13(9)17-10-4-5-11-12(6-10)15(20)18-14(11)19/h4-6,9,13,17H,7-8H2,1-3H3,(H,18,19,20). The van der Waals surface area contributed by atoms with Gasteiger partial charge in [-0.1, -0.05) is 20.8 Å². The van der Waals surface area contributed by atoms with E-state index in [0.717, 1.165) is 12.1 Å². The van der Waals surface area contributed by atoms with Gasteiger partial charge in [-0.05, 0) is 42.4 Å². The van der Waals surface area contributed by atoms with E-state index < -0.39 is 0 Å². The normalized spacial score (nSPS) is 27.4. The second-order valence-corrected chi connectivity index (χ2v) is 6.84. The first-order chi connectivity index (χ1) is 9.35. The highest BCUT2D eigenvalue weighted by atomic mass is 16.2. The molecule has 1 heterocycles. The van der Waals surface area contributed by atoms with Crippen molar-refractivity contribution in [3.05, 3.63) is 29.3 Å². The summed E-state index contributed by atoms with van der Waals surface area (Å²) >= 11 is 0. The Morgan fingerprint density at radius 3 is 2.50 bits per heavy atom. The van der Waals surface area contributed by atoms with Gasteiger partial charge in [0.25, 0.3) is 11.8 Å². The number of benzene rings is 1. The molecule has 2 atom stereocenters. The van der Waals surface area contributed by atoms with Crippen LogP contribution in [0.15, 0.2) is 18.2 Å². The van der Waals surface area contributed by atoms with Crippen molar-refractivity contribution in [2.45, 2.75) is 39.7 Å². The maximum atomic E-state index is 11.7. The Morgan fingerprint density at radius 1 is 1.15 bits per heavy atom. The average molecular weight is 272 g/mol. The molecule has 2 aliphatic rings. The molecule has 1 aliphatic heterocycles. The van der Waals surface area contributed by atoms with E-state index in [2.05, 4.69) is 31.4 Å². The fourth-order valence-corrected chi connectivity index (χ4v) is 3.56. The lowest BCUT2D eigenvalue weighted by Crippen LogP contribution is -2.22. The van der Waals surface area contributed by atoms with Gasteiger partial charge in [-0.2, -0.15) is 0 Å². The molecule has 2 N–H and O–H groups in total. The van der Waals surface area contributed by atoms with Crippen LogP contribution in [-0.4, -0.2) is 17.9 Å². The summed E-state index contributed by atoms with van der Waals surface area (Å²) in [7, 11) is 0. The summed E-state index contributed by atoms with van der Waals surface area (Å²) in [6.07, 6.45) is 2.32. The minimum atomic E-state index is -0.299. The highest BCUT2D eigenvalue weighted by Gasteiger charge is 2.36. The molecule has 1 aromatic carbocycles. The van der Waals surface area contributed by atoms with Crippen molar-refractivity contribution in [3.63, 3.8) is 0 Å². The Kier molecular flexibility index (Phi) is 2.85. The molecule has 1 aliphatic carbocycles. The first kappa shape index (κ1) is 13.2. The summed E-state index contributed by atoms with van der Waals surface area (Å²) in [4.78, 5) is 23.2. The number of carbonyl (C=O) groups is 2. The van der Waals surface area contributed by atoms with Crippen LogP contribution in [0, 0.1) is 11.3 Å². The molecular formula is C16H20N2O2. The quantitative estimate of drug-likeness (QED) is 0.814. The summed E-state index contributed by atoms with van der Waals surface area (Å²) in [5, 5.41) is 5.84. The van der Waals surface area contributed by atoms with Crippen molar-refractivity contribution in [3.8, 4) is 0 Å². The van der Waals surface area contributed by atoms with E-state index in [-0.39, 0.29) is 11.8 Å². The largest absolute Gasteiger partial charge is 0.382 e. The Morgan fingerprint density at radius 2 is 1.85 bits per heavy atom. The zero-order valence-electron chi connectivity index (χ0n) is 12.1. The third-order valence-corrected chi connectivity index (χ3v) is 4.42. The predicted molar refractivity (Wildman–Crippen MR) is 77.8 cm³/mol. The Labute approximate surface area is 118 Å². The molecular weight excluding hydrogens is 252 g/mol. The monoisotopic (exact) mass is 272 g/mol. The highest BCUT2D eigenvalue weighted by molar-refractivity contribution is 6.21. The maximum Gasteiger partial charge on any atom is 0.259 e. The average Bonchev–Trinajstić information content (AvgIpc) is 2.77. The molecule has 0 saturated heterocycles. The lowest BCUT2D eigenvalue weighted by atomic mass is 9.91. The Hall–Kier alpha value is -1.84. The second-order valence-electron chi connectivity index (χ2n) is 6.84. The smallest absolute Gasteiger partial charge is 0.259 e. The molecule has 0 bridgehead atoms. The molecule has 4 heteroatoms. The third kappa shape index (κ3) is 2.19. The highest BCUT2D eigenvalue weighted by Crippen LogP contribution is 2.42. The first-order valence-electron chi connectivity index (χ1n) is 7.12. The predicted octanol–water partition coefficient (Wildman–Crippen LogP) is 2.81. The number of anilines is 1. The molecule has 0 aromatic heterocycles.